The van der Waals surface area contributed by atoms with Crippen LogP contribution in [0.1, 0.15) is 24.3 Å². The maximum atomic E-state index is 13.5. The molecule has 0 aliphatic carbocycles. The number of pyridine rings is 1. The molecule has 2 saturated heterocycles. The summed E-state index contributed by atoms with van der Waals surface area (Å²) < 4.78 is 30.2. The van der Waals surface area contributed by atoms with E-state index in [2.05, 4.69) is 15.0 Å². The molecule has 2 aliphatic heterocycles. The summed E-state index contributed by atoms with van der Waals surface area (Å²) in [6, 6.07) is 4.88. The molecule has 1 spiro atoms. The van der Waals surface area contributed by atoms with Crippen LogP contribution in [-0.4, -0.2) is 46.9 Å². The highest BCUT2D eigenvalue weighted by Crippen LogP contribution is 2.42. The van der Waals surface area contributed by atoms with Crippen LogP contribution in [0.25, 0.3) is 0 Å². The summed E-state index contributed by atoms with van der Waals surface area (Å²) in [5.41, 5.74) is 0.862. The van der Waals surface area contributed by atoms with Gasteiger partial charge < -0.3 is 14.0 Å². The highest BCUT2D eigenvalue weighted by molar-refractivity contribution is 5.13. The van der Waals surface area contributed by atoms with Crippen molar-refractivity contribution >= 4 is 0 Å². The lowest BCUT2D eigenvalue weighted by molar-refractivity contribution is -0.138. The Morgan fingerprint density at radius 2 is 2.32 bits per heavy atom. The largest absolute Gasteiger partial charge is 0.476 e. The molecular formula is C18H22FN3O3. The van der Waals surface area contributed by atoms with Crippen LogP contribution in [0.5, 0.6) is 5.88 Å². The molecule has 2 aliphatic rings. The number of likely N-dealkylation sites (tertiary alicyclic amines) is 1. The highest BCUT2D eigenvalue weighted by atomic mass is 19.1. The van der Waals surface area contributed by atoms with Crippen LogP contribution in [0.4, 0.5) is 4.39 Å². The Morgan fingerprint density at radius 1 is 1.44 bits per heavy atom. The minimum atomic E-state index is -0.419. The van der Waals surface area contributed by atoms with Gasteiger partial charge in [0.15, 0.2) is 5.82 Å². The highest BCUT2D eigenvalue weighted by Gasteiger charge is 2.52. The molecule has 0 unspecified atom stereocenters. The number of aryl methyl sites for hydroxylation is 1. The van der Waals surface area contributed by atoms with Crippen LogP contribution >= 0.6 is 0 Å². The zero-order chi connectivity index (χ0) is 17.3. The number of aromatic nitrogens is 2. The van der Waals surface area contributed by atoms with Crippen molar-refractivity contribution in [2.45, 2.75) is 31.9 Å². The van der Waals surface area contributed by atoms with Gasteiger partial charge in [0.05, 0.1) is 17.9 Å². The van der Waals surface area contributed by atoms with Crippen molar-refractivity contribution < 1.29 is 18.4 Å². The monoisotopic (exact) mass is 347 g/mol. The molecule has 4 rings (SSSR count). The summed E-state index contributed by atoms with van der Waals surface area (Å²) in [5.74, 6) is 0.915. The first kappa shape index (κ1) is 16.5. The quantitative estimate of drug-likeness (QED) is 0.800. The molecule has 4 heterocycles. The van der Waals surface area contributed by atoms with Gasteiger partial charge in [-0.3, -0.25) is 4.90 Å². The lowest BCUT2D eigenvalue weighted by atomic mass is 9.79. The average molecular weight is 347 g/mol. The Balaban J connectivity index is 1.27. The maximum absolute atomic E-state index is 13.5. The number of halogens is 1. The van der Waals surface area contributed by atoms with E-state index in [1.807, 2.05) is 13.0 Å². The molecule has 134 valence electrons. The summed E-state index contributed by atoms with van der Waals surface area (Å²) in [6.07, 6.45) is 3.39. The first-order valence-corrected chi connectivity index (χ1v) is 8.66. The lowest BCUT2D eigenvalue weighted by Gasteiger charge is -2.50. The van der Waals surface area contributed by atoms with Crippen LogP contribution in [0.3, 0.4) is 0 Å². The van der Waals surface area contributed by atoms with Crippen LogP contribution in [0, 0.1) is 18.7 Å². The van der Waals surface area contributed by atoms with Gasteiger partial charge >= 0.3 is 0 Å². The number of rotatable bonds is 6. The van der Waals surface area contributed by atoms with Gasteiger partial charge in [-0.15, -0.1) is 0 Å². The standard InChI is InChI=1S/C18H22FN3O3/c1-13-9-15(21-25-13)10-22-11-18(12-22)14(5-8-24-18)4-7-23-17-16(19)3-2-6-20-17/h2-3,6,9,14H,4-5,7-8,10-12H2,1H3/t14-/m1/s1. The average Bonchev–Trinajstić information content (AvgIpc) is 3.16. The second-order valence-corrected chi connectivity index (χ2v) is 6.90. The van der Waals surface area contributed by atoms with E-state index in [1.165, 1.54) is 12.3 Å². The summed E-state index contributed by atoms with van der Waals surface area (Å²) in [7, 11) is 0. The van der Waals surface area contributed by atoms with Crippen LogP contribution in [0.2, 0.25) is 0 Å². The van der Waals surface area contributed by atoms with E-state index in [4.69, 9.17) is 14.0 Å². The van der Waals surface area contributed by atoms with Crippen LogP contribution in [-0.2, 0) is 11.3 Å². The molecule has 0 bridgehead atoms. The first-order chi connectivity index (χ1) is 12.1. The maximum Gasteiger partial charge on any atom is 0.250 e. The van der Waals surface area contributed by atoms with Gasteiger partial charge in [-0.25, -0.2) is 9.37 Å². The van der Waals surface area contributed by atoms with Crippen LogP contribution < -0.4 is 4.74 Å². The van der Waals surface area contributed by atoms with Gasteiger partial charge in [-0.05, 0) is 37.8 Å². The molecule has 7 heteroatoms. The Hall–Kier alpha value is -1.99. The molecule has 2 fully saturated rings. The topological polar surface area (TPSA) is 60.6 Å². The van der Waals surface area contributed by atoms with Crippen molar-refractivity contribution in [3.8, 4) is 5.88 Å². The fourth-order valence-corrected chi connectivity index (χ4v) is 3.86. The lowest BCUT2D eigenvalue weighted by Crippen LogP contribution is -2.64. The SMILES string of the molecule is Cc1cc(CN2CC3(C2)OCC[C@H]3CCOc2ncccc2F)no1. The van der Waals surface area contributed by atoms with E-state index in [9.17, 15) is 4.39 Å². The summed E-state index contributed by atoms with van der Waals surface area (Å²) >= 11 is 0. The first-order valence-electron chi connectivity index (χ1n) is 8.66. The fraction of sp³-hybridized carbons (Fsp3) is 0.556. The van der Waals surface area contributed by atoms with E-state index in [1.54, 1.807) is 6.07 Å². The fourth-order valence-electron chi connectivity index (χ4n) is 3.86. The molecule has 6 nitrogen and oxygen atoms in total. The Kier molecular flexibility index (Phi) is 4.43. The Morgan fingerprint density at radius 3 is 3.08 bits per heavy atom. The zero-order valence-corrected chi connectivity index (χ0v) is 14.3. The van der Waals surface area contributed by atoms with Gasteiger partial charge in [0.2, 0.25) is 5.88 Å². The minimum Gasteiger partial charge on any atom is -0.476 e. The molecule has 2 aromatic heterocycles. The van der Waals surface area contributed by atoms with Gasteiger partial charge in [0.1, 0.15) is 5.76 Å². The zero-order valence-electron chi connectivity index (χ0n) is 14.3. The number of hydrogen-bond acceptors (Lipinski definition) is 6. The van der Waals surface area contributed by atoms with E-state index in [0.29, 0.717) is 12.5 Å². The third kappa shape index (κ3) is 3.39. The molecule has 0 N–H and O–H groups in total. The summed E-state index contributed by atoms with van der Waals surface area (Å²) in [6.45, 7) is 5.69. The second kappa shape index (κ2) is 6.72. The van der Waals surface area contributed by atoms with Crippen molar-refractivity contribution in [2.75, 3.05) is 26.3 Å². The molecule has 0 amide bonds. The Bertz CT molecular complexity index is 730. The van der Waals surface area contributed by atoms with Gasteiger partial charge in [0, 0.05) is 38.5 Å². The molecule has 0 aromatic carbocycles. The predicted molar refractivity (Wildman–Crippen MR) is 87.6 cm³/mol. The number of ether oxygens (including phenoxy) is 2. The van der Waals surface area contributed by atoms with E-state index in [-0.39, 0.29) is 11.5 Å². The molecule has 2 aromatic rings. The normalized spacial score (nSPS) is 22.2. The summed E-state index contributed by atoms with van der Waals surface area (Å²) in [5, 5.41) is 4.04. The number of hydrogen-bond donors (Lipinski definition) is 0. The molecule has 0 radical (unpaired) electrons. The van der Waals surface area contributed by atoms with E-state index >= 15 is 0 Å². The van der Waals surface area contributed by atoms with Crippen LogP contribution in [0.15, 0.2) is 28.9 Å². The van der Waals surface area contributed by atoms with Crippen molar-refractivity contribution in [1.29, 1.82) is 0 Å². The molecule has 1 atom stereocenters. The minimum absolute atomic E-state index is 0.0760. The van der Waals surface area contributed by atoms with Crippen molar-refractivity contribution in [2.24, 2.45) is 5.92 Å². The predicted octanol–water partition coefficient (Wildman–Crippen LogP) is 2.58. The molecule has 0 saturated carbocycles. The number of nitrogens with zero attached hydrogens (tertiary/aromatic N) is 3. The van der Waals surface area contributed by atoms with Crippen molar-refractivity contribution in [1.82, 2.24) is 15.0 Å². The third-order valence-electron chi connectivity index (χ3n) is 5.07. The molecule has 25 heavy (non-hydrogen) atoms. The second-order valence-electron chi connectivity index (χ2n) is 6.90. The van der Waals surface area contributed by atoms with Crippen molar-refractivity contribution in [3.63, 3.8) is 0 Å². The van der Waals surface area contributed by atoms with Gasteiger partial charge in [-0.1, -0.05) is 5.16 Å². The molecular weight excluding hydrogens is 325 g/mol. The van der Waals surface area contributed by atoms with E-state index < -0.39 is 5.82 Å². The van der Waals surface area contributed by atoms with E-state index in [0.717, 1.165) is 50.5 Å². The van der Waals surface area contributed by atoms with Gasteiger partial charge in [-0.2, -0.15) is 0 Å². The third-order valence-corrected chi connectivity index (χ3v) is 5.07. The van der Waals surface area contributed by atoms with Gasteiger partial charge in [0.25, 0.3) is 0 Å². The van der Waals surface area contributed by atoms with Crippen molar-refractivity contribution in [3.05, 3.63) is 41.7 Å². The summed E-state index contributed by atoms with van der Waals surface area (Å²) in [4.78, 5) is 6.24. The smallest absolute Gasteiger partial charge is 0.250 e. The Labute approximate surface area is 145 Å².